The number of hydrogen-bond acceptors (Lipinski definition) is 7. The zero-order valence-corrected chi connectivity index (χ0v) is 13.9. The average Bonchev–Trinajstić information content (AvgIpc) is 3.27. The van der Waals surface area contributed by atoms with E-state index in [4.69, 9.17) is 10.3 Å². The van der Waals surface area contributed by atoms with Crippen molar-refractivity contribution in [2.75, 3.05) is 5.84 Å². The number of nitrogens with zero attached hydrogens (tertiary/aromatic N) is 3. The highest BCUT2D eigenvalue weighted by atomic mass is 32.2. The number of nitrogen functional groups attached to an aromatic ring is 1. The molecule has 0 aliphatic carbocycles. The maximum atomic E-state index is 12.1. The van der Waals surface area contributed by atoms with Gasteiger partial charge in [-0.15, -0.1) is 21.5 Å². The van der Waals surface area contributed by atoms with Crippen LogP contribution in [0.2, 0.25) is 0 Å². The lowest BCUT2D eigenvalue weighted by Gasteiger charge is -2.10. The normalized spacial score (nSPS) is 12.2. The summed E-state index contributed by atoms with van der Waals surface area (Å²) in [6.45, 7) is 2.32. The first-order chi connectivity index (χ1) is 11.1. The molecule has 0 spiro atoms. The van der Waals surface area contributed by atoms with Crippen LogP contribution in [0.4, 0.5) is 0 Å². The van der Waals surface area contributed by atoms with E-state index in [1.807, 2.05) is 17.5 Å². The molecule has 0 saturated heterocycles. The lowest BCUT2D eigenvalue weighted by atomic mass is 10.4. The van der Waals surface area contributed by atoms with Gasteiger partial charge in [0.2, 0.25) is 16.9 Å². The number of carbonyl (C=O) groups is 1. The molecule has 3 aromatic heterocycles. The molecule has 0 aromatic carbocycles. The van der Waals surface area contributed by atoms with Gasteiger partial charge < -0.3 is 15.6 Å². The zero-order valence-electron chi connectivity index (χ0n) is 12.3. The van der Waals surface area contributed by atoms with Crippen LogP contribution in [0, 0.1) is 0 Å². The topological polar surface area (TPSA) is 99.0 Å². The van der Waals surface area contributed by atoms with Gasteiger partial charge in [0.15, 0.2) is 5.76 Å². The summed E-state index contributed by atoms with van der Waals surface area (Å²) in [6.07, 6.45) is 1.54. The average molecular weight is 349 g/mol. The predicted molar refractivity (Wildman–Crippen MR) is 89.4 cm³/mol. The molecule has 9 heteroatoms. The summed E-state index contributed by atoms with van der Waals surface area (Å²) in [5, 5.41) is 13.0. The Balaban J connectivity index is 1.61. The maximum absolute atomic E-state index is 12.1. The van der Waals surface area contributed by atoms with E-state index in [-0.39, 0.29) is 11.2 Å². The molecule has 0 fully saturated rings. The molecular formula is C14H15N5O2S2. The van der Waals surface area contributed by atoms with Crippen molar-refractivity contribution >= 4 is 29.0 Å². The van der Waals surface area contributed by atoms with Crippen molar-refractivity contribution in [3.05, 3.63) is 40.8 Å². The molecular weight excluding hydrogens is 334 g/mol. The molecule has 0 aliphatic rings. The van der Waals surface area contributed by atoms with Crippen LogP contribution in [0.15, 0.2) is 45.5 Å². The molecule has 1 atom stereocenters. The van der Waals surface area contributed by atoms with Crippen molar-refractivity contribution in [2.45, 2.75) is 23.9 Å². The van der Waals surface area contributed by atoms with Gasteiger partial charge in [-0.25, -0.2) is 4.68 Å². The van der Waals surface area contributed by atoms with E-state index in [0.29, 0.717) is 23.3 Å². The van der Waals surface area contributed by atoms with E-state index in [1.54, 1.807) is 30.4 Å². The molecule has 0 saturated carbocycles. The molecule has 1 unspecified atom stereocenters. The van der Waals surface area contributed by atoms with Crippen LogP contribution in [0.5, 0.6) is 0 Å². The summed E-state index contributed by atoms with van der Waals surface area (Å²) in [5.41, 5.74) is 0. The largest absolute Gasteiger partial charge is 0.461 e. The maximum Gasteiger partial charge on any atom is 0.233 e. The number of aromatic nitrogens is 3. The van der Waals surface area contributed by atoms with E-state index in [1.165, 1.54) is 22.7 Å². The van der Waals surface area contributed by atoms with Crippen LogP contribution >= 0.6 is 23.1 Å². The number of amides is 1. The second kappa shape index (κ2) is 6.88. The minimum absolute atomic E-state index is 0.0778. The second-order valence-corrected chi connectivity index (χ2v) is 7.05. The molecule has 1 amide bonds. The van der Waals surface area contributed by atoms with Crippen molar-refractivity contribution < 1.29 is 9.21 Å². The van der Waals surface area contributed by atoms with Gasteiger partial charge in [-0.1, -0.05) is 17.8 Å². The smallest absolute Gasteiger partial charge is 0.233 e. The third-order valence-corrected chi connectivity index (χ3v) is 5.01. The van der Waals surface area contributed by atoms with Crippen molar-refractivity contribution in [1.82, 2.24) is 20.2 Å². The Labute approximate surface area is 140 Å². The molecule has 0 aliphatic heterocycles. The van der Waals surface area contributed by atoms with Crippen LogP contribution in [-0.4, -0.2) is 26.0 Å². The minimum atomic E-state index is -0.342. The highest BCUT2D eigenvalue weighted by Gasteiger charge is 2.20. The van der Waals surface area contributed by atoms with E-state index in [2.05, 4.69) is 15.5 Å². The number of nitrogens with one attached hydrogen (secondary N) is 1. The van der Waals surface area contributed by atoms with Gasteiger partial charge >= 0.3 is 0 Å². The molecule has 23 heavy (non-hydrogen) atoms. The van der Waals surface area contributed by atoms with E-state index in [9.17, 15) is 4.79 Å². The fraction of sp³-hybridized carbons (Fsp3) is 0.214. The third-order valence-electron chi connectivity index (χ3n) is 3.07. The standard InChI is InChI=1S/C14H15N5O2S2/c1-9(13(20)16-8-10-4-3-7-22-10)23-14-18-17-12(19(14)15)11-5-2-6-21-11/h2-7,9H,8,15H2,1H3,(H,16,20). The van der Waals surface area contributed by atoms with Crippen molar-refractivity contribution in [3.8, 4) is 11.6 Å². The highest BCUT2D eigenvalue weighted by Crippen LogP contribution is 2.25. The Kier molecular flexibility index (Phi) is 4.68. The van der Waals surface area contributed by atoms with Gasteiger partial charge in [0.1, 0.15) is 0 Å². The van der Waals surface area contributed by atoms with Crippen molar-refractivity contribution in [3.63, 3.8) is 0 Å². The number of rotatable bonds is 6. The number of thiophene rings is 1. The first kappa shape index (κ1) is 15.6. The Hall–Kier alpha value is -2.26. The molecule has 3 heterocycles. The van der Waals surface area contributed by atoms with E-state index < -0.39 is 0 Å². The molecule has 0 radical (unpaired) electrons. The first-order valence-corrected chi connectivity index (χ1v) is 8.62. The summed E-state index contributed by atoms with van der Waals surface area (Å²) in [7, 11) is 0. The SMILES string of the molecule is CC(Sc1nnc(-c2ccco2)n1N)C(=O)NCc1cccs1. The summed E-state index contributed by atoms with van der Waals surface area (Å²) < 4.78 is 6.58. The van der Waals surface area contributed by atoms with Crippen molar-refractivity contribution in [2.24, 2.45) is 0 Å². The third kappa shape index (κ3) is 3.57. The van der Waals surface area contributed by atoms with Crippen LogP contribution in [0.3, 0.4) is 0 Å². The second-order valence-electron chi connectivity index (χ2n) is 4.71. The summed E-state index contributed by atoms with van der Waals surface area (Å²) in [6, 6.07) is 7.43. The Bertz CT molecular complexity index is 767. The van der Waals surface area contributed by atoms with Crippen LogP contribution in [-0.2, 0) is 11.3 Å². The number of hydrogen-bond donors (Lipinski definition) is 2. The van der Waals surface area contributed by atoms with Gasteiger partial charge in [0.05, 0.1) is 18.1 Å². The fourth-order valence-corrected chi connectivity index (χ4v) is 3.31. The minimum Gasteiger partial charge on any atom is -0.461 e. The molecule has 7 nitrogen and oxygen atoms in total. The molecule has 3 N–H and O–H groups in total. The molecule has 0 bridgehead atoms. The Morgan fingerprint density at radius 2 is 2.35 bits per heavy atom. The zero-order chi connectivity index (χ0) is 16.2. The number of thioether (sulfide) groups is 1. The lowest BCUT2D eigenvalue weighted by Crippen LogP contribution is -2.30. The monoisotopic (exact) mass is 349 g/mol. The summed E-state index contributed by atoms with van der Waals surface area (Å²) >= 11 is 2.85. The van der Waals surface area contributed by atoms with Gasteiger partial charge in [0, 0.05) is 4.88 Å². The first-order valence-electron chi connectivity index (χ1n) is 6.86. The fourth-order valence-electron chi connectivity index (χ4n) is 1.87. The van der Waals surface area contributed by atoms with E-state index in [0.717, 1.165) is 4.88 Å². The number of carbonyl (C=O) groups excluding carboxylic acids is 1. The van der Waals surface area contributed by atoms with Gasteiger partial charge in [-0.3, -0.25) is 4.79 Å². The summed E-state index contributed by atoms with van der Waals surface area (Å²) in [4.78, 5) is 13.3. The highest BCUT2D eigenvalue weighted by molar-refractivity contribution is 8.00. The lowest BCUT2D eigenvalue weighted by molar-refractivity contribution is -0.120. The molecule has 120 valence electrons. The van der Waals surface area contributed by atoms with Gasteiger partial charge in [-0.05, 0) is 30.5 Å². The van der Waals surface area contributed by atoms with E-state index >= 15 is 0 Å². The molecule has 3 aromatic rings. The number of furan rings is 1. The quantitative estimate of drug-likeness (QED) is 0.522. The van der Waals surface area contributed by atoms with Crippen LogP contribution < -0.4 is 11.2 Å². The predicted octanol–water partition coefficient (Wildman–Crippen LogP) is 2.11. The van der Waals surface area contributed by atoms with Gasteiger partial charge in [-0.2, -0.15) is 0 Å². The van der Waals surface area contributed by atoms with Crippen molar-refractivity contribution in [1.29, 1.82) is 0 Å². The Morgan fingerprint density at radius 1 is 1.48 bits per heavy atom. The van der Waals surface area contributed by atoms with Crippen LogP contribution in [0.25, 0.3) is 11.6 Å². The number of nitrogens with two attached hydrogens (primary N) is 1. The van der Waals surface area contributed by atoms with Crippen LogP contribution in [0.1, 0.15) is 11.8 Å². The Morgan fingerprint density at radius 3 is 3.04 bits per heavy atom. The molecule has 3 rings (SSSR count). The van der Waals surface area contributed by atoms with Gasteiger partial charge in [0.25, 0.3) is 0 Å². The summed E-state index contributed by atoms with van der Waals surface area (Å²) in [5.74, 6) is 6.85.